The second kappa shape index (κ2) is 10.8. The summed E-state index contributed by atoms with van der Waals surface area (Å²) in [6.07, 6.45) is 1.32. The average molecular weight is 441 g/mol. The highest BCUT2D eigenvalue weighted by molar-refractivity contribution is 7.99. The second-order valence-electron chi connectivity index (χ2n) is 6.72. The van der Waals surface area contributed by atoms with Gasteiger partial charge in [0.1, 0.15) is 11.6 Å². The van der Waals surface area contributed by atoms with Gasteiger partial charge in [0.25, 0.3) is 0 Å². The molecule has 6 nitrogen and oxygen atoms in total. The van der Waals surface area contributed by atoms with Crippen LogP contribution in [0.15, 0.2) is 72.4 Å². The summed E-state index contributed by atoms with van der Waals surface area (Å²) < 4.78 is 20.9. The summed E-state index contributed by atoms with van der Waals surface area (Å²) in [5, 5.41) is 9.14. The molecule has 1 atom stereocenters. The van der Waals surface area contributed by atoms with E-state index in [0.29, 0.717) is 29.8 Å². The fourth-order valence-electron chi connectivity index (χ4n) is 3.09. The Labute approximate surface area is 185 Å². The number of thioether (sulfide) groups is 1. The highest BCUT2D eigenvalue weighted by atomic mass is 32.2. The molecule has 0 radical (unpaired) electrons. The van der Waals surface area contributed by atoms with Crippen molar-refractivity contribution >= 4 is 23.4 Å². The van der Waals surface area contributed by atoms with Crippen LogP contribution in [0.25, 0.3) is 0 Å². The van der Waals surface area contributed by atoms with Gasteiger partial charge in [0, 0.05) is 18.8 Å². The number of rotatable bonds is 10. The minimum Gasteiger partial charge on any atom is -0.483 e. The zero-order valence-corrected chi connectivity index (χ0v) is 18.4. The van der Waals surface area contributed by atoms with Crippen LogP contribution in [0, 0.1) is 5.82 Å². The van der Waals surface area contributed by atoms with Crippen molar-refractivity contribution in [2.75, 3.05) is 17.2 Å². The van der Waals surface area contributed by atoms with Crippen molar-refractivity contribution in [1.82, 2.24) is 14.8 Å². The van der Waals surface area contributed by atoms with Gasteiger partial charge < -0.3 is 9.64 Å². The Morgan fingerprint density at radius 1 is 1.23 bits per heavy atom. The lowest BCUT2D eigenvalue weighted by Crippen LogP contribution is -2.32. The number of amides is 1. The first-order valence-electron chi connectivity index (χ1n) is 9.98. The lowest BCUT2D eigenvalue weighted by molar-refractivity contribution is -0.116. The van der Waals surface area contributed by atoms with E-state index in [1.807, 2.05) is 48.7 Å². The molecule has 8 heteroatoms. The molecule has 0 spiro atoms. The zero-order chi connectivity index (χ0) is 22.2. The van der Waals surface area contributed by atoms with E-state index in [2.05, 4.69) is 16.8 Å². The highest BCUT2D eigenvalue weighted by Crippen LogP contribution is 2.25. The third-order valence-electron chi connectivity index (χ3n) is 4.56. The van der Waals surface area contributed by atoms with Crippen LogP contribution >= 0.6 is 11.8 Å². The van der Waals surface area contributed by atoms with Crippen LogP contribution in [0.4, 0.5) is 10.1 Å². The number of carbonyl (C=O) groups excluding carboxylic acids is 1. The number of ether oxygens (including phenoxy) is 1. The summed E-state index contributed by atoms with van der Waals surface area (Å²) in [6, 6.07) is 15.4. The smallest absolute Gasteiger partial charge is 0.237 e. The van der Waals surface area contributed by atoms with Crippen molar-refractivity contribution in [3.63, 3.8) is 0 Å². The third-order valence-corrected chi connectivity index (χ3v) is 5.51. The topological polar surface area (TPSA) is 60.2 Å². The molecule has 162 valence electrons. The zero-order valence-electron chi connectivity index (χ0n) is 17.6. The van der Waals surface area contributed by atoms with E-state index < -0.39 is 6.10 Å². The molecule has 1 amide bonds. The molecule has 0 bridgehead atoms. The monoisotopic (exact) mass is 440 g/mol. The molecular weight excluding hydrogens is 415 g/mol. The van der Waals surface area contributed by atoms with Crippen molar-refractivity contribution in [1.29, 1.82) is 0 Å². The molecule has 0 saturated heterocycles. The molecule has 0 fully saturated rings. The SMILES string of the molecule is C=CCn1c(SCC(=O)N(CC)c2ccccc2)nnc1C(C)Oc1ccc(F)cc1. The Bertz CT molecular complexity index is 1010. The molecule has 0 aliphatic rings. The summed E-state index contributed by atoms with van der Waals surface area (Å²) in [4.78, 5) is 14.5. The molecule has 3 rings (SSSR count). The lowest BCUT2D eigenvalue weighted by atomic mass is 10.3. The predicted octanol–water partition coefficient (Wildman–Crippen LogP) is 4.89. The Morgan fingerprint density at radius 2 is 1.94 bits per heavy atom. The fourth-order valence-corrected chi connectivity index (χ4v) is 3.92. The number of hydrogen-bond acceptors (Lipinski definition) is 5. The molecule has 1 unspecified atom stereocenters. The van der Waals surface area contributed by atoms with Crippen LogP contribution in [-0.4, -0.2) is 33.0 Å². The number of nitrogens with zero attached hydrogens (tertiary/aromatic N) is 4. The molecule has 0 aliphatic carbocycles. The van der Waals surface area contributed by atoms with E-state index in [1.165, 1.54) is 23.9 Å². The standard InChI is InChI=1S/C23H25FN4O2S/c1-4-15-28-22(17(3)30-20-13-11-18(24)12-14-20)25-26-23(28)31-16-21(29)27(5-2)19-9-7-6-8-10-19/h4,6-14,17H,1,5,15-16H2,2-3H3. The first-order valence-corrected chi connectivity index (χ1v) is 11.0. The largest absolute Gasteiger partial charge is 0.483 e. The van der Waals surface area contributed by atoms with Crippen molar-refractivity contribution in [3.05, 3.63) is 78.9 Å². The molecule has 1 aromatic heterocycles. The van der Waals surface area contributed by atoms with Crippen molar-refractivity contribution in [2.24, 2.45) is 0 Å². The van der Waals surface area contributed by atoms with Gasteiger partial charge in [0.15, 0.2) is 17.1 Å². The number of hydrogen-bond donors (Lipinski definition) is 0. The molecule has 2 aromatic carbocycles. The Morgan fingerprint density at radius 3 is 2.58 bits per heavy atom. The average Bonchev–Trinajstić information content (AvgIpc) is 3.18. The Kier molecular flexibility index (Phi) is 7.83. The quantitative estimate of drug-likeness (QED) is 0.332. The molecule has 0 aliphatic heterocycles. The first kappa shape index (κ1) is 22.6. The van der Waals surface area contributed by atoms with E-state index in [1.54, 1.807) is 23.1 Å². The number of benzene rings is 2. The van der Waals surface area contributed by atoms with E-state index in [0.717, 1.165) is 5.69 Å². The highest BCUT2D eigenvalue weighted by Gasteiger charge is 2.21. The summed E-state index contributed by atoms with van der Waals surface area (Å²) in [7, 11) is 0. The second-order valence-corrected chi connectivity index (χ2v) is 7.66. The Balaban J connectivity index is 1.71. The first-order chi connectivity index (χ1) is 15.0. The van der Waals surface area contributed by atoms with Gasteiger partial charge in [-0.1, -0.05) is 36.0 Å². The van der Waals surface area contributed by atoms with Crippen LogP contribution in [0.2, 0.25) is 0 Å². The normalized spacial score (nSPS) is 11.7. The van der Waals surface area contributed by atoms with Crippen molar-refractivity contribution in [2.45, 2.75) is 31.7 Å². The van der Waals surface area contributed by atoms with Crippen LogP contribution in [0.1, 0.15) is 25.8 Å². The van der Waals surface area contributed by atoms with Gasteiger partial charge in [-0.05, 0) is 50.2 Å². The molecule has 3 aromatic rings. The summed E-state index contributed by atoms with van der Waals surface area (Å²) in [5.41, 5.74) is 0.866. The molecule has 0 saturated carbocycles. The summed E-state index contributed by atoms with van der Waals surface area (Å²) in [5.74, 6) is 1.03. The van der Waals surface area contributed by atoms with Crippen molar-refractivity contribution in [3.8, 4) is 5.75 Å². The maximum Gasteiger partial charge on any atom is 0.237 e. The fraction of sp³-hybridized carbons (Fsp3) is 0.261. The van der Waals surface area contributed by atoms with Gasteiger partial charge in [-0.15, -0.1) is 16.8 Å². The number of para-hydroxylation sites is 1. The number of anilines is 1. The van der Waals surface area contributed by atoms with Crippen LogP contribution in [-0.2, 0) is 11.3 Å². The van der Waals surface area contributed by atoms with E-state index in [4.69, 9.17) is 4.74 Å². The van der Waals surface area contributed by atoms with Crippen LogP contribution in [0.5, 0.6) is 5.75 Å². The number of carbonyl (C=O) groups is 1. The molecular formula is C23H25FN4O2S. The molecule has 1 heterocycles. The minimum atomic E-state index is -0.417. The molecule has 0 N–H and O–H groups in total. The van der Waals surface area contributed by atoms with Crippen LogP contribution < -0.4 is 9.64 Å². The number of aromatic nitrogens is 3. The van der Waals surface area contributed by atoms with Gasteiger partial charge in [0.05, 0.1) is 5.75 Å². The van der Waals surface area contributed by atoms with Gasteiger partial charge >= 0.3 is 0 Å². The summed E-state index contributed by atoms with van der Waals surface area (Å²) >= 11 is 1.33. The third kappa shape index (κ3) is 5.73. The van der Waals surface area contributed by atoms with Crippen molar-refractivity contribution < 1.29 is 13.9 Å². The van der Waals surface area contributed by atoms with Gasteiger partial charge in [0.2, 0.25) is 5.91 Å². The van der Waals surface area contributed by atoms with Gasteiger partial charge in [-0.2, -0.15) is 0 Å². The van der Waals surface area contributed by atoms with E-state index in [9.17, 15) is 9.18 Å². The van der Waals surface area contributed by atoms with Gasteiger partial charge in [-0.25, -0.2) is 4.39 Å². The van der Waals surface area contributed by atoms with Gasteiger partial charge in [-0.3, -0.25) is 9.36 Å². The maximum absolute atomic E-state index is 13.1. The maximum atomic E-state index is 13.1. The number of allylic oxidation sites excluding steroid dienone is 1. The summed E-state index contributed by atoms with van der Waals surface area (Å²) in [6.45, 7) is 8.66. The van der Waals surface area contributed by atoms with E-state index in [-0.39, 0.29) is 17.5 Å². The predicted molar refractivity (Wildman–Crippen MR) is 121 cm³/mol. The molecule has 31 heavy (non-hydrogen) atoms. The lowest BCUT2D eigenvalue weighted by Gasteiger charge is -2.20. The Hall–Kier alpha value is -3.13. The minimum absolute atomic E-state index is 0.0102. The number of halogens is 1. The van der Waals surface area contributed by atoms with Crippen LogP contribution in [0.3, 0.4) is 0 Å². The van der Waals surface area contributed by atoms with E-state index >= 15 is 0 Å².